The van der Waals surface area contributed by atoms with Gasteiger partial charge in [0.25, 0.3) is 11.8 Å². The van der Waals surface area contributed by atoms with Crippen LogP contribution in [0.15, 0.2) is 109 Å². The summed E-state index contributed by atoms with van der Waals surface area (Å²) in [6.07, 6.45) is 14.3. The Balaban J connectivity index is 0.000000273. The standard InChI is InChI=1S/C47H59ClN2O11.C46H57ClN2O10/c1-45(2,3)43(54)58-32-16-19-35-38(29-32)60-39-30-33(59-44(55)46(4,5)6)17-20-36(39)47(35)37-28-31(15-18-34(37)42(53)61-47)41(52)50-22-12-9-10-14-40(51)49-23-25-57-27-26-56-24-13-8-7-11-21-48;1-44(2,3)42(53)56-31-17-20-35-37(28-31)58-38-29-32(57-43(54)45(4,5)6)18-21-36(38)46(35)34-19-16-30(27-33(34)41(52)59-46)40(51)49-23-12-9-10-15-39(50)48-24-14-26-55-25-13-8-7-11-22-47/h15-20,28-30H,7-14,21-27H2,1-6H3,(H,49,51)(H,50,52);16-21,27-29H,7-15,22-26H2,1-6H3,(H,48,50)(H,49,51). The molecule has 6 aromatic rings. The number of carbonyl (C=O) groups is 10. The second-order valence-electron chi connectivity index (χ2n) is 34.3. The zero-order valence-corrected chi connectivity index (χ0v) is 72.7. The van der Waals surface area contributed by atoms with Gasteiger partial charge in [0.15, 0.2) is 11.2 Å². The number of benzene rings is 6. The van der Waals surface area contributed by atoms with Crippen LogP contribution in [-0.2, 0) is 63.7 Å². The van der Waals surface area contributed by atoms with Gasteiger partial charge in [-0.15, -0.1) is 23.2 Å². The van der Waals surface area contributed by atoms with Crippen LogP contribution in [0.1, 0.15) is 267 Å². The highest BCUT2D eigenvalue weighted by Crippen LogP contribution is 2.59. The zero-order chi connectivity index (χ0) is 87.0. The summed E-state index contributed by atoms with van der Waals surface area (Å²) in [6.45, 7) is 26.2. The fourth-order valence-electron chi connectivity index (χ4n) is 13.3. The van der Waals surface area contributed by atoms with Gasteiger partial charge in [-0.25, -0.2) is 9.59 Å². The highest BCUT2D eigenvalue weighted by molar-refractivity contribution is 6.18. The number of rotatable bonds is 40. The molecule has 10 rings (SSSR count). The molecule has 0 aliphatic carbocycles. The van der Waals surface area contributed by atoms with Crippen LogP contribution in [0, 0.1) is 21.7 Å². The van der Waals surface area contributed by atoms with E-state index in [0.29, 0.717) is 148 Å². The van der Waals surface area contributed by atoms with Crippen molar-refractivity contribution in [2.45, 2.75) is 203 Å². The summed E-state index contributed by atoms with van der Waals surface area (Å²) >= 11 is 11.4. The minimum absolute atomic E-state index is 0.00139. The summed E-state index contributed by atoms with van der Waals surface area (Å²) in [5.41, 5.74) is -2.31. The summed E-state index contributed by atoms with van der Waals surface area (Å²) in [4.78, 5) is 130. The Hall–Kier alpha value is -9.92. The topological polar surface area (TPSA) is 320 Å². The first-order valence-electron chi connectivity index (χ1n) is 41.6. The number of ether oxygens (including phenoxy) is 11. The fraction of sp³-hybridized carbons (Fsp3) is 0.505. The SMILES string of the molecule is CC(C)(C)C(=O)Oc1ccc2c(c1)Oc1cc(OC(=O)C(C)(C)C)ccc1C21OC(=O)c2cc(C(=O)NCCCCCC(=O)NCCCOCCCCCCCl)ccc21.CC(C)(C)C(=O)Oc1ccc2c(c1)Oc1cc(OC(=O)C(C)(C)C)ccc1C21OC(=O)c2ccc(C(=O)NCCCCCC(=O)NCCOCCOCCCCCCCl)cc21. The van der Waals surface area contributed by atoms with Crippen LogP contribution >= 0.6 is 23.2 Å². The third-order valence-electron chi connectivity index (χ3n) is 20.1. The van der Waals surface area contributed by atoms with Crippen LogP contribution in [0.5, 0.6) is 46.0 Å². The average Bonchev–Trinajstić information content (AvgIpc) is 1.51. The first-order chi connectivity index (χ1) is 57.1. The van der Waals surface area contributed by atoms with Crippen LogP contribution in [0.3, 0.4) is 0 Å². The van der Waals surface area contributed by atoms with Gasteiger partial charge in [-0.3, -0.25) is 38.4 Å². The van der Waals surface area contributed by atoms with Gasteiger partial charge in [0, 0.05) is 139 Å². The van der Waals surface area contributed by atoms with Gasteiger partial charge >= 0.3 is 35.8 Å². The van der Waals surface area contributed by atoms with Gasteiger partial charge in [-0.05, 0) is 220 Å². The number of hydrogen-bond acceptors (Lipinski definition) is 21. The highest BCUT2D eigenvalue weighted by atomic mass is 35.5. The maximum absolute atomic E-state index is 13.8. The fourth-order valence-corrected chi connectivity index (χ4v) is 13.7. The molecule has 6 aromatic carbocycles. The average molecular weight is 1700 g/mol. The van der Waals surface area contributed by atoms with Gasteiger partial charge in [-0.2, -0.15) is 0 Å². The molecule has 0 unspecified atom stereocenters. The molecule has 0 saturated heterocycles. The second kappa shape index (κ2) is 43.0. The molecule has 0 saturated carbocycles. The molecule has 25 nitrogen and oxygen atoms in total. The molecule has 0 fully saturated rings. The van der Waals surface area contributed by atoms with Gasteiger partial charge in [0.1, 0.15) is 46.0 Å². The van der Waals surface area contributed by atoms with Crippen LogP contribution in [0.2, 0.25) is 0 Å². The Morgan fingerprint density at radius 1 is 0.325 bits per heavy atom. The summed E-state index contributed by atoms with van der Waals surface area (Å²) in [5.74, 6) is -0.473. The van der Waals surface area contributed by atoms with Crippen molar-refractivity contribution >= 4 is 82.6 Å². The summed E-state index contributed by atoms with van der Waals surface area (Å²) in [7, 11) is 0. The summed E-state index contributed by atoms with van der Waals surface area (Å²) < 4.78 is 64.7. The Labute approximate surface area is 713 Å². The van der Waals surface area contributed by atoms with E-state index in [1.165, 1.54) is 6.07 Å². The van der Waals surface area contributed by atoms with Crippen molar-refractivity contribution in [1.29, 1.82) is 0 Å². The molecule has 4 heterocycles. The van der Waals surface area contributed by atoms with Crippen molar-refractivity contribution in [3.63, 3.8) is 0 Å². The highest BCUT2D eigenvalue weighted by Gasteiger charge is 2.56. The Kier molecular flexibility index (Phi) is 33.7. The number of amides is 4. The van der Waals surface area contributed by atoms with Gasteiger partial charge < -0.3 is 73.4 Å². The van der Waals surface area contributed by atoms with E-state index in [9.17, 15) is 47.9 Å². The van der Waals surface area contributed by atoms with Crippen molar-refractivity contribution in [2.24, 2.45) is 21.7 Å². The smallest absolute Gasteiger partial charge is 0.340 e. The largest absolute Gasteiger partial charge is 0.456 e. The van der Waals surface area contributed by atoms with E-state index >= 15 is 0 Å². The number of esters is 6. The molecule has 2 spiro atoms. The molecular weight excluding hydrogens is 1580 g/mol. The molecule has 4 N–H and O–H groups in total. The molecular formula is C93H116Cl2N4O21. The molecule has 0 aromatic heterocycles. The summed E-state index contributed by atoms with van der Waals surface area (Å²) in [6, 6.07) is 29.0. The minimum Gasteiger partial charge on any atom is -0.456 e. The zero-order valence-electron chi connectivity index (χ0n) is 71.2. The van der Waals surface area contributed by atoms with E-state index in [2.05, 4.69) is 21.3 Å². The van der Waals surface area contributed by atoms with E-state index in [1.54, 1.807) is 186 Å². The van der Waals surface area contributed by atoms with E-state index < -0.39 is 68.7 Å². The molecule has 4 amide bonds. The number of unbranched alkanes of at least 4 members (excludes halogenated alkanes) is 10. The number of alkyl halides is 2. The predicted octanol–water partition coefficient (Wildman–Crippen LogP) is 17.2. The lowest BCUT2D eigenvalue weighted by Crippen LogP contribution is -2.33. The molecule has 27 heteroatoms. The lowest BCUT2D eigenvalue weighted by atomic mass is 9.77. The molecule has 0 bridgehead atoms. The quantitative estimate of drug-likeness (QED) is 0.0120. The second-order valence-corrected chi connectivity index (χ2v) is 35.0. The molecule has 4 aliphatic heterocycles. The lowest BCUT2D eigenvalue weighted by molar-refractivity contribution is -0.143. The third-order valence-corrected chi connectivity index (χ3v) is 20.7. The number of halogens is 2. The lowest BCUT2D eigenvalue weighted by Gasteiger charge is -2.37. The van der Waals surface area contributed by atoms with Crippen LogP contribution < -0.4 is 49.7 Å². The van der Waals surface area contributed by atoms with Gasteiger partial charge in [0.2, 0.25) is 11.8 Å². The van der Waals surface area contributed by atoms with E-state index in [1.807, 2.05) is 0 Å². The number of carbonyl (C=O) groups excluding carboxylic acids is 10. The Morgan fingerprint density at radius 2 is 0.658 bits per heavy atom. The van der Waals surface area contributed by atoms with Gasteiger partial charge in [-0.1, -0.05) is 44.6 Å². The van der Waals surface area contributed by atoms with Gasteiger partial charge in [0.05, 0.1) is 52.6 Å². The van der Waals surface area contributed by atoms with Crippen molar-refractivity contribution in [2.75, 3.05) is 77.6 Å². The van der Waals surface area contributed by atoms with E-state index in [4.69, 9.17) is 75.3 Å². The normalized spacial score (nSPS) is 13.7. The first-order valence-corrected chi connectivity index (χ1v) is 42.7. The van der Waals surface area contributed by atoms with Crippen LogP contribution in [-0.4, -0.2) is 137 Å². The summed E-state index contributed by atoms with van der Waals surface area (Å²) in [5, 5.41) is 11.7. The van der Waals surface area contributed by atoms with E-state index in [0.717, 1.165) is 77.2 Å². The number of nitrogens with one attached hydrogen (secondary N) is 4. The molecule has 0 radical (unpaired) electrons. The van der Waals surface area contributed by atoms with E-state index in [-0.39, 0.29) is 86.3 Å². The molecule has 648 valence electrons. The number of hydrogen-bond donors (Lipinski definition) is 4. The monoisotopic (exact) mass is 1690 g/mol. The van der Waals surface area contributed by atoms with Crippen molar-refractivity contribution < 1.29 is 100 Å². The molecule has 120 heavy (non-hydrogen) atoms. The van der Waals surface area contributed by atoms with Crippen LogP contribution in [0.4, 0.5) is 0 Å². The maximum Gasteiger partial charge on any atom is 0.340 e. The van der Waals surface area contributed by atoms with Crippen molar-refractivity contribution in [3.8, 4) is 46.0 Å². The maximum atomic E-state index is 13.8. The van der Waals surface area contributed by atoms with Crippen molar-refractivity contribution in [3.05, 3.63) is 165 Å². The first kappa shape index (κ1) is 93.9. The minimum atomic E-state index is -1.56. The van der Waals surface area contributed by atoms with Crippen molar-refractivity contribution in [1.82, 2.24) is 21.3 Å². The van der Waals surface area contributed by atoms with Crippen LogP contribution in [0.25, 0.3) is 0 Å². The Morgan fingerprint density at radius 3 is 1.07 bits per heavy atom. The Bertz CT molecular complexity index is 4490. The molecule has 0 atom stereocenters. The third kappa shape index (κ3) is 25.1. The predicted molar refractivity (Wildman–Crippen MR) is 453 cm³/mol. The molecule has 4 aliphatic rings. The number of fused-ring (bicyclic) bond motifs is 12.